The molecule has 1 aliphatic heterocycles. The highest BCUT2D eigenvalue weighted by molar-refractivity contribution is 5.70. The minimum absolute atomic E-state index is 0.00144. The van der Waals surface area contributed by atoms with Gasteiger partial charge in [0.1, 0.15) is 5.82 Å². The van der Waals surface area contributed by atoms with Crippen molar-refractivity contribution in [3.63, 3.8) is 0 Å². The fourth-order valence-electron chi connectivity index (χ4n) is 3.62. The minimum atomic E-state index is -0.710. The molecule has 138 valence electrons. The van der Waals surface area contributed by atoms with Gasteiger partial charge in [0.05, 0.1) is 12.0 Å². The van der Waals surface area contributed by atoms with Gasteiger partial charge in [0.2, 0.25) is 0 Å². The number of halogens is 1. The molecule has 5 heteroatoms. The van der Waals surface area contributed by atoms with E-state index in [2.05, 4.69) is 34.1 Å². The van der Waals surface area contributed by atoms with E-state index >= 15 is 0 Å². The Kier molecular flexibility index (Phi) is 5.57. The lowest BCUT2D eigenvalue weighted by atomic mass is 9.91. The first-order valence-electron chi connectivity index (χ1n) is 8.95. The Morgan fingerprint density at radius 3 is 2.00 bits per heavy atom. The molecule has 0 amide bonds. The lowest BCUT2D eigenvalue weighted by Gasteiger charge is -2.37. The van der Waals surface area contributed by atoms with Crippen LogP contribution in [-0.2, 0) is 4.79 Å². The molecule has 1 atom stereocenters. The van der Waals surface area contributed by atoms with E-state index in [4.69, 9.17) is 0 Å². The Bertz CT molecular complexity index is 736. The zero-order valence-electron chi connectivity index (χ0n) is 15.2. The molecule has 0 radical (unpaired) electrons. The van der Waals surface area contributed by atoms with Crippen LogP contribution in [0.4, 0.5) is 10.1 Å². The van der Waals surface area contributed by atoms with Crippen LogP contribution in [0.5, 0.6) is 0 Å². The highest BCUT2D eigenvalue weighted by atomic mass is 19.1. The van der Waals surface area contributed by atoms with Gasteiger partial charge in [-0.1, -0.05) is 24.3 Å². The second-order valence-electron chi connectivity index (χ2n) is 7.09. The van der Waals surface area contributed by atoms with Gasteiger partial charge in [0.15, 0.2) is 0 Å². The average molecular weight is 356 g/mol. The van der Waals surface area contributed by atoms with E-state index < -0.39 is 5.97 Å². The van der Waals surface area contributed by atoms with Crippen molar-refractivity contribution in [2.45, 2.75) is 18.9 Å². The Hall–Kier alpha value is -2.40. The molecular weight excluding hydrogens is 331 g/mol. The lowest BCUT2D eigenvalue weighted by molar-refractivity contribution is -0.143. The zero-order chi connectivity index (χ0) is 18.7. The molecular formula is C21H25FN2O2. The third-order valence-corrected chi connectivity index (χ3v) is 5.15. The topological polar surface area (TPSA) is 43.8 Å². The highest BCUT2D eigenvalue weighted by Gasteiger charge is 2.30. The number of aliphatic carboxylic acids is 1. The summed E-state index contributed by atoms with van der Waals surface area (Å²) in [4.78, 5) is 15.6. The quantitative estimate of drug-likeness (QED) is 0.885. The van der Waals surface area contributed by atoms with E-state index in [-0.39, 0.29) is 17.8 Å². The van der Waals surface area contributed by atoms with Crippen molar-refractivity contribution < 1.29 is 14.3 Å². The van der Waals surface area contributed by atoms with Crippen molar-refractivity contribution in [2.24, 2.45) is 5.92 Å². The van der Waals surface area contributed by atoms with Crippen LogP contribution < -0.4 is 4.90 Å². The largest absolute Gasteiger partial charge is 0.481 e. The molecule has 2 aromatic carbocycles. The number of nitrogens with zero attached hydrogens (tertiary/aromatic N) is 2. The van der Waals surface area contributed by atoms with Gasteiger partial charge in [-0.2, -0.15) is 0 Å². The van der Waals surface area contributed by atoms with Gasteiger partial charge >= 0.3 is 5.97 Å². The second kappa shape index (κ2) is 7.87. The minimum Gasteiger partial charge on any atom is -0.481 e. The molecule has 0 aliphatic carbocycles. The number of carboxylic acid groups (broad SMARTS) is 1. The van der Waals surface area contributed by atoms with Crippen molar-refractivity contribution in [2.75, 3.05) is 32.1 Å². The standard InChI is InChI=1S/C21H25FN2O2/c1-23(2)19-9-5-16(6-10-19)20(15-3-7-18(22)8-4-15)24-13-11-17(12-14-24)21(25)26/h3-10,17,20H,11-14H2,1-2H3,(H,25,26). The summed E-state index contributed by atoms with van der Waals surface area (Å²) in [5, 5.41) is 9.25. The number of hydrogen-bond acceptors (Lipinski definition) is 3. The van der Waals surface area contributed by atoms with Crippen molar-refractivity contribution >= 4 is 11.7 Å². The fraction of sp³-hybridized carbons (Fsp3) is 0.381. The Labute approximate surface area is 153 Å². The predicted molar refractivity (Wildman–Crippen MR) is 101 cm³/mol. The summed E-state index contributed by atoms with van der Waals surface area (Å²) < 4.78 is 13.4. The first-order chi connectivity index (χ1) is 12.5. The molecule has 1 saturated heterocycles. The van der Waals surface area contributed by atoms with Crippen LogP contribution in [0.1, 0.15) is 30.0 Å². The molecule has 1 fully saturated rings. The molecule has 0 aromatic heterocycles. The molecule has 26 heavy (non-hydrogen) atoms. The summed E-state index contributed by atoms with van der Waals surface area (Å²) in [6, 6.07) is 15.0. The van der Waals surface area contributed by atoms with E-state index in [0.717, 1.165) is 16.8 Å². The van der Waals surface area contributed by atoms with E-state index in [9.17, 15) is 14.3 Å². The summed E-state index contributed by atoms with van der Waals surface area (Å²) in [6.45, 7) is 1.43. The number of carbonyl (C=O) groups is 1. The number of piperidine rings is 1. The van der Waals surface area contributed by atoms with E-state index in [1.54, 1.807) is 0 Å². The van der Waals surface area contributed by atoms with E-state index in [1.165, 1.54) is 12.1 Å². The Balaban J connectivity index is 1.89. The molecule has 3 rings (SSSR count). The van der Waals surface area contributed by atoms with Crippen molar-refractivity contribution in [1.82, 2.24) is 4.90 Å². The Morgan fingerprint density at radius 1 is 1.04 bits per heavy atom. The molecule has 1 heterocycles. The van der Waals surface area contributed by atoms with E-state index in [0.29, 0.717) is 25.9 Å². The number of likely N-dealkylation sites (tertiary alicyclic amines) is 1. The SMILES string of the molecule is CN(C)c1ccc(C(c2ccc(F)cc2)N2CCC(C(=O)O)CC2)cc1. The highest BCUT2D eigenvalue weighted by Crippen LogP contribution is 2.33. The van der Waals surface area contributed by atoms with Gasteiger partial charge in [-0.25, -0.2) is 4.39 Å². The molecule has 1 aliphatic rings. The summed E-state index contributed by atoms with van der Waals surface area (Å²) in [6.07, 6.45) is 1.28. The lowest BCUT2D eigenvalue weighted by Crippen LogP contribution is -2.39. The number of rotatable bonds is 5. The second-order valence-corrected chi connectivity index (χ2v) is 7.09. The number of hydrogen-bond donors (Lipinski definition) is 1. The molecule has 2 aromatic rings. The first kappa shape index (κ1) is 18.4. The maximum Gasteiger partial charge on any atom is 0.306 e. The van der Waals surface area contributed by atoms with Gasteiger partial charge in [-0.05, 0) is 61.3 Å². The number of benzene rings is 2. The molecule has 1 N–H and O–H groups in total. The van der Waals surface area contributed by atoms with Gasteiger partial charge in [0.25, 0.3) is 0 Å². The smallest absolute Gasteiger partial charge is 0.306 e. The van der Waals surface area contributed by atoms with Crippen LogP contribution >= 0.6 is 0 Å². The van der Waals surface area contributed by atoms with Gasteiger partial charge in [-0.15, -0.1) is 0 Å². The normalized spacial score (nSPS) is 17.0. The zero-order valence-corrected chi connectivity index (χ0v) is 15.2. The van der Waals surface area contributed by atoms with Gasteiger partial charge in [0, 0.05) is 19.8 Å². The third kappa shape index (κ3) is 4.05. The van der Waals surface area contributed by atoms with Crippen molar-refractivity contribution in [3.8, 4) is 0 Å². The maximum absolute atomic E-state index is 13.4. The van der Waals surface area contributed by atoms with Crippen LogP contribution in [0, 0.1) is 11.7 Å². The van der Waals surface area contributed by atoms with Crippen LogP contribution in [0.25, 0.3) is 0 Å². The molecule has 0 saturated carbocycles. The van der Waals surface area contributed by atoms with Crippen molar-refractivity contribution in [1.29, 1.82) is 0 Å². The molecule has 0 bridgehead atoms. The predicted octanol–water partition coefficient (Wildman–Crippen LogP) is 3.78. The molecule has 1 unspecified atom stereocenters. The van der Waals surface area contributed by atoms with Crippen LogP contribution in [0.15, 0.2) is 48.5 Å². The first-order valence-corrected chi connectivity index (χ1v) is 8.95. The van der Waals surface area contributed by atoms with Crippen LogP contribution in [-0.4, -0.2) is 43.2 Å². The van der Waals surface area contributed by atoms with Gasteiger partial charge in [-0.3, -0.25) is 9.69 Å². The van der Waals surface area contributed by atoms with E-state index in [1.807, 2.05) is 26.2 Å². The number of carboxylic acids is 1. The molecule has 0 spiro atoms. The van der Waals surface area contributed by atoms with Crippen molar-refractivity contribution in [3.05, 3.63) is 65.5 Å². The Morgan fingerprint density at radius 2 is 1.54 bits per heavy atom. The van der Waals surface area contributed by atoms with Gasteiger partial charge < -0.3 is 10.0 Å². The molecule has 4 nitrogen and oxygen atoms in total. The summed E-state index contributed by atoms with van der Waals surface area (Å²) in [7, 11) is 4.01. The summed E-state index contributed by atoms with van der Waals surface area (Å²) in [5.74, 6) is -1.23. The third-order valence-electron chi connectivity index (χ3n) is 5.15. The fourth-order valence-corrected chi connectivity index (χ4v) is 3.62. The monoisotopic (exact) mass is 356 g/mol. The van der Waals surface area contributed by atoms with Crippen LogP contribution in [0.3, 0.4) is 0 Å². The van der Waals surface area contributed by atoms with Crippen LogP contribution in [0.2, 0.25) is 0 Å². The number of anilines is 1. The summed E-state index contributed by atoms with van der Waals surface area (Å²) >= 11 is 0. The average Bonchev–Trinajstić information content (AvgIpc) is 2.64. The maximum atomic E-state index is 13.4. The summed E-state index contributed by atoms with van der Waals surface area (Å²) in [5.41, 5.74) is 3.28.